The first-order valence-electron chi connectivity index (χ1n) is 21.2. The molecule has 10 aromatic carbocycles. The summed E-state index contributed by atoms with van der Waals surface area (Å²) in [4.78, 5) is 2.37. The number of furan rings is 1. The van der Waals surface area contributed by atoms with Gasteiger partial charge in [0, 0.05) is 38.6 Å². The van der Waals surface area contributed by atoms with Gasteiger partial charge in [0.2, 0.25) is 0 Å². The van der Waals surface area contributed by atoms with Gasteiger partial charge in [0.15, 0.2) is 0 Å². The molecule has 288 valence electrons. The Bertz CT molecular complexity index is 3480. The highest BCUT2D eigenvalue weighted by Gasteiger charge is 2.37. The Morgan fingerprint density at radius 1 is 0.377 bits per heavy atom. The van der Waals surface area contributed by atoms with Gasteiger partial charge in [-0.05, 0) is 126 Å². The van der Waals surface area contributed by atoms with Crippen LogP contribution in [0.2, 0.25) is 0 Å². The van der Waals surface area contributed by atoms with E-state index in [-0.39, 0.29) is 5.41 Å². The average molecular weight is 780 g/mol. The number of fused-ring (bicyclic) bond motifs is 9. The standard InChI is InChI=1S/C59H41NO/c1-59(2)54-19-8-7-15-51(54)52-18-9-17-49(57(52)59)42-27-34-47(35-28-42)60(45-30-23-39(24-31-45)44-22-21-38-11-3-4-13-43(38)37-44)46-32-25-41(26-33-46)48-16-10-20-55-56(48)53-36-29-40-12-5-6-14-50(40)58(53)61-55/h3-37H,1-2H3. The molecule has 0 saturated carbocycles. The largest absolute Gasteiger partial charge is 0.455 e. The molecule has 0 spiro atoms. The molecule has 1 aliphatic rings. The lowest BCUT2D eigenvalue weighted by Gasteiger charge is -2.27. The van der Waals surface area contributed by atoms with Crippen LogP contribution in [-0.2, 0) is 5.41 Å². The predicted octanol–water partition coefficient (Wildman–Crippen LogP) is 16.7. The van der Waals surface area contributed by atoms with Crippen molar-refractivity contribution in [2.75, 3.05) is 4.90 Å². The highest BCUT2D eigenvalue weighted by Crippen LogP contribution is 2.52. The molecule has 2 heteroatoms. The number of hydrogen-bond acceptors (Lipinski definition) is 2. The van der Waals surface area contributed by atoms with Crippen LogP contribution in [0.4, 0.5) is 17.1 Å². The van der Waals surface area contributed by atoms with Crippen LogP contribution in [0.3, 0.4) is 0 Å². The van der Waals surface area contributed by atoms with Crippen LogP contribution in [0.15, 0.2) is 217 Å². The first-order chi connectivity index (χ1) is 30.0. The highest BCUT2D eigenvalue weighted by molar-refractivity contribution is 6.19. The van der Waals surface area contributed by atoms with Crippen molar-refractivity contribution in [2.24, 2.45) is 0 Å². The Balaban J connectivity index is 0.951. The molecule has 0 aliphatic heterocycles. The molecule has 1 heterocycles. The van der Waals surface area contributed by atoms with E-state index in [1.807, 2.05) is 0 Å². The number of nitrogens with zero attached hydrogens (tertiary/aromatic N) is 1. The predicted molar refractivity (Wildman–Crippen MR) is 257 cm³/mol. The summed E-state index contributed by atoms with van der Waals surface area (Å²) >= 11 is 0. The van der Waals surface area contributed by atoms with Crippen molar-refractivity contribution in [1.29, 1.82) is 0 Å². The Hall–Kier alpha value is -7.68. The maximum absolute atomic E-state index is 6.55. The molecular formula is C59H41NO. The Kier molecular flexibility index (Phi) is 7.92. The van der Waals surface area contributed by atoms with Crippen molar-refractivity contribution in [3.8, 4) is 44.5 Å². The molecule has 0 fully saturated rings. The van der Waals surface area contributed by atoms with E-state index in [1.54, 1.807) is 0 Å². The van der Waals surface area contributed by atoms with Crippen LogP contribution in [0.1, 0.15) is 25.0 Å². The van der Waals surface area contributed by atoms with Gasteiger partial charge in [0.25, 0.3) is 0 Å². The minimum Gasteiger partial charge on any atom is -0.455 e. The fourth-order valence-corrected chi connectivity index (χ4v) is 10.1. The van der Waals surface area contributed by atoms with Crippen molar-refractivity contribution >= 4 is 60.5 Å². The van der Waals surface area contributed by atoms with Gasteiger partial charge < -0.3 is 9.32 Å². The SMILES string of the molecule is CC1(C)c2ccccc2-c2cccc(-c3ccc(N(c4ccc(-c5ccc6ccccc6c5)cc4)c4ccc(-c5cccc6oc7c8ccccc8ccc7c56)cc4)cc3)c21. The molecule has 0 atom stereocenters. The summed E-state index contributed by atoms with van der Waals surface area (Å²) in [5.74, 6) is 0. The maximum atomic E-state index is 6.55. The average Bonchev–Trinajstić information content (AvgIpc) is 3.82. The van der Waals surface area contributed by atoms with E-state index in [2.05, 4.69) is 231 Å². The number of rotatable bonds is 6. The maximum Gasteiger partial charge on any atom is 0.143 e. The third kappa shape index (κ3) is 5.64. The topological polar surface area (TPSA) is 16.4 Å². The molecule has 1 aromatic heterocycles. The molecule has 2 nitrogen and oxygen atoms in total. The molecule has 1 aliphatic carbocycles. The van der Waals surface area contributed by atoms with Crippen molar-refractivity contribution < 1.29 is 4.42 Å². The quantitative estimate of drug-likeness (QED) is 0.167. The van der Waals surface area contributed by atoms with Gasteiger partial charge in [0.05, 0.1) is 0 Å². The van der Waals surface area contributed by atoms with Gasteiger partial charge >= 0.3 is 0 Å². The molecule has 0 saturated heterocycles. The summed E-state index contributed by atoms with van der Waals surface area (Å²) in [6.07, 6.45) is 0. The lowest BCUT2D eigenvalue weighted by atomic mass is 9.79. The first kappa shape index (κ1) is 35.3. The molecule has 12 rings (SSSR count). The number of benzene rings is 10. The fourth-order valence-electron chi connectivity index (χ4n) is 10.1. The normalized spacial score (nSPS) is 12.9. The van der Waals surface area contributed by atoms with E-state index in [0.29, 0.717) is 0 Å². The van der Waals surface area contributed by atoms with Gasteiger partial charge in [-0.3, -0.25) is 0 Å². The van der Waals surface area contributed by atoms with Gasteiger partial charge in [0.1, 0.15) is 11.2 Å². The fraction of sp³-hybridized carbons (Fsp3) is 0.0508. The molecule has 0 N–H and O–H groups in total. The van der Waals surface area contributed by atoms with Gasteiger partial charge in [-0.25, -0.2) is 0 Å². The van der Waals surface area contributed by atoms with Crippen LogP contribution in [0.5, 0.6) is 0 Å². The van der Waals surface area contributed by atoms with Crippen LogP contribution >= 0.6 is 0 Å². The molecule has 61 heavy (non-hydrogen) atoms. The molecular weight excluding hydrogens is 739 g/mol. The molecule has 0 unspecified atom stereocenters. The minimum absolute atomic E-state index is 0.0946. The number of hydrogen-bond donors (Lipinski definition) is 0. The van der Waals surface area contributed by atoms with Gasteiger partial charge in [-0.15, -0.1) is 0 Å². The summed E-state index contributed by atoms with van der Waals surface area (Å²) in [5, 5.41) is 7.09. The van der Waals surface area contributed by atoms with Crippen molar-refractivity contribution in [3.63, 3.8) is 0 Å². The lowest BCUT2D eigenvalue weighted by Crippen LogP contribution is -2.16. The monoisotopic (exact) mass is 779 g/mol. The lowest BCUT2D eigenvalue weighted by molar-refractivity contribution is 0.662. The molecule has 0 radical (unpaired) electrons. The smallest absolute Gasteiger partial charge is 0.143 e. The number of anilines is 3. The zero-order valence-corrected chi connectivity index (χ0v) is 34.1. The Labute approximate surface area is 355 Å². The zero-order chi connectivity index (χ0) is 40.7. The Morgan fingerprint density at radius 3 is 1.67 bits per heavy atom. The molecule has 0 bridgehead atoms. The summed E-state index contributed by atoms with van der Waals surface area (Å²) in [7, 11) is 0. The summed E-state index contributed by atoms with van der Waals surface area (Å²) < 4.78 is 6.55. The highest BCUT2D eigenvalue weighted by atomic mass is 16.3. The minimum atomic E-state index is -0.0946. The summed E-state index contributed by atoms with van der Waals surface area (Å²) in [5.41, 5.74) is 17.7. The zero-order valence-electron chi connectivity index (χ0n) is 34.1. The van der Waals surface area contributed by atoms with Gasteiger partial charge in [-0.2, -0.15) is 0 Å². The molecule has 11 aromatic rings. The van der Waals surface area contributed by atoms with E-state index in [1.165, 1.54) is 60.7 Å². The van der Waals surface area contributed by atoms with Crippen molar-refractivity contribution in [2.45, 2.75) is 19.3 Å². The summed E-state index contributed by atoms with van der Waals surface area (Å²) in [6.45, 7) is 4.72. The van der Waals surface area contributed by atoms with E-state index in [0.717, 1.165) is 55.5 Å². The van der Waals surface area contributed by atoms with Gasteiger partial charge in [-0.1, -0.05) is 172 Å². The van der Waals surface area contributed by atoms with Crippen LogP contribution in [0, 0.1) is 0 Å². The second kappa shape index (κ2) is 13.7. The second-order valence-corrected chi connectivity index (χ2v) is 16.9. The third-order valence-corrected chi connectivity index (χ3v) is 13.0. The third-order valence-electron chi connectivity index (χ3n) is 13.0. The summed E-state index contributed by atoms with van der Waals surface area (Å²) in [6, 6.07) is 77.3. The van der Waals surface area contributed by atoms with E-state index in [9.17, 15) is 0 Å². The van der Waals surface area contributed by atoms with E-state index in [4.69, 9.17) is 4.42 Å². The molecule has 0 amide bonds. The van der Waals surface area contributed by atoms with E-state index < -0.39 is 0 Å². The van der Waals surface area contributed by atoms with Crippen LogP contribution in [0.25, 0.3) is 88.0 Å². The first-order valence-corrected chi connectivity index (χ1v) is 21.2. The van der Waals surface area contributed by atoms with Crippen molar-refractivity contribution in [3.05, 3.63) is 223 Å². The van der Waals surface area contributed by atoms with E-state index >= 15 is 0 Å². The van der Waals surface area contributed by atoms with Crippen LogP contribution < -0.4 is 4.90 Å². The second-order valence-electron chi connectivity index (χ2n) is 16.9. The Morgan fingerprint density at radius 2 is 0.918 bits per heavy atom. The van der Waals surface area contributed by atoms with Crippen LogP contribution in [-0.4, -0.2) is 0 Å². The van der Waals surface area contributed by atoms with Crippen molar-refractivity contribution in [1.82, 2.24) is 0 Å².